The lowest BCUT2D eigenvalue weighted by Crippen LogP contribution is -2.47. The van der Waals surface area contributed by atoms with Crippen molar-refractivity contribution in [3.63, 3.8) is 0 Å². The number of nitriles is 1. The van der Waals surface area contributed by atoms with Crippen molar-refractivity contribution in [1.29, 1.82) is 5.26 Å². The summed E-state index contributed by atoms with van der Waals surface area (Å²) in [7, 11) is -2.72. The number of hydrogen-bond donors (Lipinski definition) is 1. The van der Waals surface area contributed by atoms with E-state index in [2.05, 4.69) is 36.9 Å². The van der Waals surface area contributed by atoms with E-state index in [-0.39, 0.29) is 16.9 Å². The third-order valence-electron chi connectivity index (χ3n) is 7.11. The molecule has 1 saturated heterocycles. The zero-order chi connectivity index (χ0) is 32.4. The van der Waals surface area contributed by atoms with Crippen molar-refractivity contribution in [3.05, 3.63) is 54.0 Å². The molecular formula is C30H37N5O8P+. The lowest BCUT2D eigenvalue weighted by atomic mass is 9.87. The molecule has 1 fully saturated rings. The van der Waals surface area contributed by atoms with E-state index >= 15 is 0 Å². The second-order valence-electron chi connectivity index (χ2n) is 12.1. The van der Waals surface area contributed by atoms with E-state index in [9.17, 15) is 19.4 Å². The number of esters is 2. The Kier molecular flexibility index (Phi) is 9.59. The molecule has 1 aliphatic heterocycles. The third-order valence-corrected chi connectivity index (χ3v) is 7.83. The lowest BCUT2D eigenvalue weighted by Gasteiger charge is -2.29. The highest BCUT2D eigenvalue weighted by atomic mass is 31.1. The van der Waals surface area contributed by atoms with Crippen molar-refractivity contribution < 1.29 is 37.4 Å². The smallest absolute Gasteiger partial charge is 0.455 e. The van der Waals surface area contributed by atoms with Crippen molar-refractivity contribution >= 4 is 31.5 Å². The summed E-state index contributed by atoms with van der Waals surface area (Å²) < 4.78 is 43.1. The van der Waals surface area contributed by atoms with Crippen molar-refractivity contribution in [2.24, 2.45) is 11.8 Å². The van der Waals surface area contributed by atoms with Crippen molar-refractivity contribution in [2.75, 3.05) is 12.3 Å². The Morgan fingerprint density at radius 3 is 2.32 bits per heavy atom. The number of aromatic nitrogens is 3. The number of fused-ring (bicyclic) bond motifs is 1. The maximum Gasteiger partial charge on any atom is 0.750 e. The van der Waals surface area contributed by atoms with E-state index in [1.807, 2.05) is 12.1 Å². The third kappa shape index (κ3) is 6.68. The molecule has 0 aliphatic carbocycles. The van der Waals surface area contributed by atoms with Crippen LogP contribution in [0, 0.1) is 23.2 Å². The highest BCUT2D eigenvalue weighted by molar-refractivity contribution is 7.33. The summed E-state index contributed by atoms with van der Waals surface area (Å²) in [6.07, 6.45) is -2.80. The summed E-state index contributed by atoms with van der Waals surface area (Å²) >= 11 is 0. The number of carbonyl (C=O) groups is 2. The van der Waals surface area contributed by atoms with Gasteiger partial charge in [0.05, 0.1) is 17.5 Å². The fourth-order valence-electron chi connectivity index (χ4n) is 4.60. The summed E-state index contributed by atoms with van der Waals surface area (Å²) in [4.78, 5) is 29.8. The molecule has 0 spiro atoms. The average Bonchev–Trinajstić information content (AvgIpc) is 3.52. The maximum atomic E-state index is 12.9. The minimum absolute atomic E-state index is 0.0780. The summed E-state index contributed by atoms with van der Waals surface area (Å²) in [5.41, 5.74) is 5.49. The standard InChI is InChI=1S/C30H37N5O8P/c1-17(2)27(36)40-24-22(14-39-44(38)43-20-10-8-19(9-11-20)29(5,6)7)42-30(15-31,25(24)41-28(37)18(3)4)23-13-12-21-26(32)33-16-34-35(21)23/h8-13,16-18,22,24-25H,14H2,1-7H3,(H2,32,33,34)/q+1/t22-,24-,25-,30+/m1/s1. The first-order chi connectivity index (χ1) is 20.7. The number of hydrogen-bond acceptors (Lipinski definition) is 12. The van der Waals surface area contributed by atoms with Gasteiger partial charge in [0.15, 0.2) is 23.8 Å². The van der Waals surface area contributed by atoms with Gasteiger partial charge in [0.1, 0.15) is 30.6 Å². The normalized spacial score (nSPS) is 22.2. The van der Waals surface area contributed by atoms with Gasteiger partial charge in [0, 0.05) is 4.57 Å². The first-order valence-corrected chi connectivity index (χ1v) is 15.2. The number of rotatable bonds is 10. The van der Waals surface area contributed by atoms with Crippen LogP contribution < -0.4 is 10.3 Å². The second-order valence-corrected chi connectivity index (χ2v) is 13.0. The van der Waals surface area contributed by atoms with Crippen LogP contribution in [0.4, 0.5) is 5.82 Å². The molecule has 44 heavy (non-hydrogen) atoms. The largest absolute Gasteiger partial charge is 0.750 e. The quantitative estimate of drug-likeness (QED) is 0.244. The predicted octanol–water partition coefficient (Wildman–Crippen LogP) is 4.62. The molecule has 0 radical (unpaired) electrons. The van der Waals surface area contributed by atoms with Gasteiger partial charge < -0.3 is 19.9 Å². The molecule has 4 rings (SSSR count). The van der Waals surface area contributed by atoms with Crippen LogP contribution in [0.5, 0.6) is 5.75 Å². The molecular weight excluding hydrogens is 589 g/mol. The first kappa shape index (κ1) is 32.8. The molecule has 5 atom stereocenters. The number of ether oxygens (including phenoxy) is 3. The molecule has 1 aromatic carbocycles. The van der Waals surface area contributed by atoms with Crippen LogP contribution in [-0.4, -0.2) is 51.5 Å². The SMILES string of the molecule is CC(C)C(=O)O[C@H]1[C@@H](OC(=O)C(C)C)[C@](C#N)(c2ccc3c(N)ncnn23)O[C@@H]1CO[P+](=O)Oc1ccc(C(C)(C)C)cc1. The Labute approximate surface area is 256 Å². The Morgan fingerprint density at radius 2 is 1.73 bits per heavy atom. The number of anilines is 1. The summed E-state index contributed by atoms with van der Waals surface area (Å²) in [6.45, 7) is 12.3. The van der Waals surface area contributed by atoms with Gasteiger partial charge in [-0.1, -0.05) is 60.6 Å². The van der Waals surface area contributed by atoms with E-state index in [1.54, 1.807) is 45.9 Å². The highest BCUT2D eigenvalue weighted by Crippen LogP contribution is 2.45. The van der Waals surface area contributed by atoms with Gasteiger partial charge in [0.25, 0.3) is 0 Å². The Bertz CT molecular complexity index is 1580. The molecule has 2 N–H and O–H groups in total. The first-order valence-electron chi connectivity index (χ1n) is 14.2. The molecule has 234 valence electrons. The van der Waals surface area contributed by atoms with Gasteiger partial charge in [-0.15, -0.1) is 4.52 Å². The van der Waals surface area contributed by atoms with Crippen LogP contribution in [-0.2, 0) is 43.9 Å². The highest BCUT2D eigenvalue weighted by Gasteiger charge is 2.63. The lowest BCUT2D eigenvalue weighted by molar-refractivity contribution is -0.173. The van der Waals surface area contributed by atoms with Crippen LogP contribution in [0.1, 0.15) is 59.7 Å². The number of nitrogens with zero attached hydrogens (tertiary/aromatic N) is 4. The van der Waals surface area contributed by atoms with Crippen molar-refractivity contribution in [2.45, 2.75) is 77.8 Å². The predicted molar refractivity (Wildman–Crippen MR) is 158 cm³/mol. The molecule has 0 amide bonds. The van der Waals surface area contributed by atoms with Gasteiger partial charge in [-0.25, -0.2) is 14.0 Å². The minimum atomic E-state index is -2.72. The molecule has 14 heteroatoms. The van der Waals surface area contributed by atoms with Crippen LogP contribution >= 0.6 is 8.25 Å². The van der Waals surface area contributed by atoms with Crippen molar-refractivity contribution in [3.8, 4) is 11.8 Å². The van der Waals surface area contributed by atoms with Gasteiger partial charge in [-0.2, -0.15) is 10.4 Å². The fourth-order valence-corrected chi connectivity index (χ4v) is 5.21. The second kappa shape index (κ2) is 12.9. The van der Waals surface area contributed by atoms with E-state index in [4.69, 9.17) is 29.0 Å². The monoisotopic (exact) mass is 626 g/mol. The summed E-state index contributed by atoms with van der Waals surface area (Å²) in [6, 6.07) is 12.3. The van der Waals surface area contributed by atoms with Crippen LogP contribution in [0.15, 0.2) is 42.7 Å². The maximum absolute atomic E-state index is 12.9. The molecule has 1 aliphatic rings. The minimum Gasteiger partial charge on any atom is -0.455 e. The van der Waals surface area contributed by atoms with E-state index in [1.165, 1.54) is 16.9 Å². The average molecular weight is 627 g/mol. The van der Waals surface area contributed by atoms with Gasteiger partial charge >= 0.3 is 20.2 Å². The molecule has 1 unspecified atom stereocenters. The molecule has 2 aromatic heterocycles. The fraction of sp³-hybridized carbons (Fsp3) is 0.500. The van der Waals surface area contributed by atoms with E-state index < -0.39 is 62.5 Å². The topological polar surface area (TPSA) is 177 Å². The van der Waals surface area contributed by atoms with Crippen LogP contribution in [0.2, 0.25) is 0 Å². The van der Waals surface area contributed by atoms with E-state index in [0.717, 1.165) is 5.56 Å². The number of nitrogens with two attached hydrogens (primary N) is 1. The number of benzene rings is 1. The van der Waals surface area contributed by atoms with Gasteiger partial charge in [0.2, 0.25) is 5.60 Å². The van der Waals surface area contributed by atoms with Crippen LogP contribution in [0.25, 0.3) is 5.52 Å². The number of nitrogen functional groups attached to an aromatic ring is 1. The summed E-state index contributed by atoms with van der Waals surface area (Å²) in [5, 5.41) is 14.9. The summed E-state index contributed by atoms with van der Waals surface area (Å²) in [5.74, 6) is -1.98. The van der Waals surface area contributed by atoms with Gasteiger partial charge in [-0.3, -0.25) is 9.59 Å². The van der Waals surface area contributed by atoms with Crippen molar-refractivity contribution in [1.82, 2.24) is 14.6 Å². The van der Waals surface area contributed by atoms with Crippen LogP contribution in [0.3, 0.4) is 0 Å². The van der Waals surface area contributed by atoms with Gasteiger partial charge in [-0.05, 0) is 35.2 Å². The molecule has 0 saturated carbocycles. The Balaban J connectivity index is 1.68. The Morgan fingerprint density at radius 1 is 1.09 bits per heavy atom. The molecule has 13 nitrogen and oxygen atoms in total. The molecule has 0 bridgehead atoms. The van der Waals surface area contributed by atoms with E-state index in [0.29, 0.717) is 11.3 Å². The number of carbonyl (C=O) groups excluding carboxylic acids is 2. The zero-order valence-corrected chi connectivity index (χ0v) is 26.6. The Hall–Kier alpha value is -4.11. The zero-order valence-electron chi connectivity index (χ0n) is 25.7. The molecule has 3 heterocycles. The molecule has 3 aromatic rings.